The van der Waals surface area contributed by atoms with Crippen LogP contribution in [0.2, 0.25) is 0 Å². The minimum atomic E-state index is -0.410. The van der Waals surface area contributed by atoms with Crippen LogP contribution in [0.1, 0.15) is 29.2 Å². The predicted molar refractivity (Wildman–Crippen MR) is 94.2 cm³/mol. The molecule has 0 aromatic heterocycles. The van der Waals surface area contributed by atoms with Gasteiger partial charge < -0.3 is 14.2 Å². The molecule has 4 rings (SSSR count). The molecule has 0 bridgehead atoms. The predicted octanol–water partition coefficient (Wildman–Crippen LogP) is 2.54. The molecule has 0 radical (unpaired) electrons. The third-order valence-corrected chi connectivity index (χ3v) is 5.77. The molecule has 5 nitrogen and oxygen atoms in total. The number of carbonyl (C=O) groups is 1. The first-order chi connectivity index (χ1) is 12.0. The van der Waals surface area contributed by atoms with Crippen molar-refractivity contribution < 1.29 is 19.0 Å². The number of carbonyl (C=O) groups excluding carboxylic acids is 1. The number of hydrogen-bond acceptors (Lipinski definition) is 5. The fourth-order valence-electron chi connectivity index (χ4n) is 4.57. The number of methoxy groups -OCH3 is 3. The normalized spacial score (nSPS) is 27.3. The van der Waals surface area contributed by atoms with Crippen LogP contribution >= 0.6 is 0 Å². The van der Waals surface area contributed by atoms with Gasteiger partial charge in [-0.15, -0.1) is 0 Å². The van der Waals surface area contributed by atoms with Gasteiger partial charge in [0.25, 0.3) is 0 Å². The first-order valence-corrected chi connectivity index (χ1v) is 8.53. The van der Waals surface area contributed by atoms with Crippen molar-refractivity contribution in [1.82, 2.24) is 4.90 Å². The summed E-state index contributed by atoms with van der Waals surface area (Å²) in [7, 11) is 7.04. The van der Waals surface area contributed by atoms with Crippen LogP contribution in [0, 0.1) is 0 Å². The number of hydrogen-bond donors (Lipinski definition) is 0. The van der Waals surface area contributed by atoms with E-state index in [1.165, 1.54) is 11.1 Å². The van der Waals surface area contributed by atoms with Crippen LogP contribution < -0.4 is 9.47 Å². The summed E-state index contributed by atoms with van der Waals surface area (Å²) >= 11 is 0. The van der Waals surface area contributed by atoms with Crippen molar-refractivity contribution in [3.8, 4) is 11.5 Å². The van der Waals surface area contributed by atoms with E-state index >= 15 is 0 Å². The Labute approximate surface area is 147 Å². The molecule has 3 aliphatic rings. The number of rotatable bonds is 3. The first-order valence-electron chi connectivity index (χ1n) is 8.53. The van der Waals surface area contributed by atoms with Crippen LogP contribution in [0.3, 0.4) is 0 Å². The van der Waals surface area contributed by atoms with Gasteiger partial charge in [-0.3, -0.25) is 9.69 Å². The molecule has 2 aliphatic carbocycles. The molecule has 1 spiro atoms. The Morgan fingerprint density at radius 3 is 2.68 bits per heavy atom. The van der Waals surface area contributed by atoms with Gasteiger partial charge in [-0.1, -0.05) is 6.08 Å². The Hall–Kier alpha value is -2.27. The van der Waals surface area contributed by atoms with E-state index < -0.39 is 5.41 Å². The average molecular weight is 341 g/mol. The standard InChI is InChI=1S/C20H23NO4/c1-21-8-6-12-9-15(23-2)19(25-4)18-17(12)13(21)10-20(18)7-5-14(22)16(11-20)24-3/h5,7,9,11,13H,6,8,10H2,1-4H3. The summed E-state index contributed by atoms with van der Waals surface area (Å²) in [5, 5.41) is 0. The molecular weight excluding hydrogens is 318 g/mol. The highest BCUT2D eigenvalue weighted by Gasteiger charge is 2.49. The summed E-state index contributed by atoms with van der Waals surface area (Å²) in [5.41, 5.74) is 3.33. The summed E-state index contributed by atoms with van der Waals surface area (Å²) in [6, 6.07) is 2.40. The highest BCUT2D eigenvalue weighted by molar-refractivity contribution is 6.04. The molecule has 5 heteroatoms. The average Bonchev–Trinajstić information content (AvgIpc) is 2.96. The van der Waals surface area contributed by atoms with Gasteiger partial charge in [-0.25, -0.2) is 0 Å². The first kappa shape index (κ1) is 16.2. The molecule has 0 fully saturated rings. The van der Waals surface area contributed by atoms with E-state index in [0.29, 0.717) is 11.8 Å². The minimum absolute atomic E-state index is 0.0940. The molecule has 2 atom stereocenters. The Bertz CT molecular complexity index is 810. The van der Waals surface area contributed by atoms with Gasteiger partial charge in [-0.2, -0.15) is 0 Å². The number of fused-ring (bicyclic) bond motifs is 1. The number of ether oxygens (including phenoxy) is 3. The Morgan fingerprint density at radius 2 is 2.00 bits per heavy atom. The highest BCUT2D eigenvalue weighted by atomic mass is 16.5. The van der Waals surface area contributed by atoms with E-state index in [-0.39, 0.29) is 5.78 Å². The fourth-order valence-corrected chi connectivity index (χ4v) is 4.57. The lowest BCUT2D eigenvalue weighted by atomic mass is 9.77. The van der Waals surface area contributed by atoms with E-state index in [1.807, 2.05) is 12.2 Å². The second kappa shape index (κ2) is 5.63. The summed E-state index contributed by atoms with van der Waals surface area (Å²) in [6.07, 6.45) is 7.43. The fraction of sp³-hybridized carbons (Fsp3) is 0.450. The molecule has 1 aliphatic heterocycles. The molecule has 25 heavy (non-hydrogen) atoms. The third-order valence-electron chi connectivity index (χ3n) is 5.77. The van der Waals surface area contributed by atoms with Gasteiger partial charge in [0.1, 0.15) is 0 Å². The van der Waals surface area contributed by atoms with Crippen molar-refractivity contribution in [3.63, 3.8) is 0 Å². The quantitative estimate of drug-likeness (QED) is 0.846. The van der Waals surface area contributed by atoms with E-state index in [2.05, 4.69) is 18.0 Å². The summed E-state index contributed by atoms with van der Waals surface area (Å²) < 4.78 is 16.7. The van der Waals surface area contributed by atoms with Crippen molar-refractivity contribution in [2.75, 3.05) is 34.9 Å². The van der Waals surface area contributed by atoms with Gasteiger partial charge in [0.05, 0.1) is 21.3 Å². The van der Waals surface area contributed by atoms with Crippen LogP contribution in [0.15, 0.2) is 30.1 Å². The van der Waals surface area contributed by atoms with E-state index in [1.54, 1.807) is 27.4 Å². The van der Waals surface area contributed by atoms with Gasteiger partial charge in [-0.05, 0) is 49.2 Å². The zero-order valence-corrected chi connectivity index (χ0v) is 15.1. The van der Waals surface area contributed by atoms with E-state index in [0.717, 1.165) is 36.4 Å². The highest BCUT2D eigenvalue weighted by Crippen LogP contribution is 2.58. The lowest BCUT2D eigenvalue weighted by Gasteiger charge is -2.32. The van der Waals surface area contributed by atoms with Crippen molar-refractivity contribution in [2.24, 2.45) is 0 Å². The van der Waals surface area contributed by atoms with Crippen LogP contribution in [-0.2, 0) is 21.4 Å². The number of likely N-dealkylation sites (N-methyl/N-ethyl adjacent to an activating group) is 1. The van der Waals surface area contributed by atoms with Crippen LogP contribution in [0.25, 0.3) is 0 Å². The van der Waals surface area contributed by atoms with Gasteiger partial charge in [0.15, 0.2) is 17.3 Å². The van der Waals surface area contributed by atoms with Crippen LogP contribution in [-0.4, -0.2) is 45.6 Å². The van der Waals surface area contributed by atoms with Crippen LogP contribution in [0.5, 0.6) is 11.5 Å². The molecular formula is C20H23NO4. The summed E-state index contributed by atoms with van der Waals surface area (Å²) in [5.74, 6) is 1.80. The van der Waals surface area contributed by atoms with Gasteiger partial charge in [0, 0.05) is 23.6 Å². The topological polar surface area (TPSA) is 48.0 Å². The zero-order chi connectivity index (χ0) is 17.8. The number of allylic oxidation sites excluding steroid dienone is 3. The summed E-state index contributed by atoms with van der Waals surface area (Å²) in [4.78, 5) is 14.5. The molecule has 0 saturated carbocycles. The molecule has 0 amide bonds. The lowest BCUT2D eigenvalue weighted by molar-refractivity contribution is -0.114. The molecule has 0 N–H and O–H groups in total. The maximum Gasteiger partial charge on any atom is 0.219 e. The maximum atomic E-state index is 12.1. The van der Waals surface area contributed by atoms with Crippen molar-refractivity contribution in [3.05, 3.63) is 46.7 Å². The Balaban J connectivity index is 2.03. The SMILES string of the molecule is COC1=CC2(C=CC1=O)CC1c3c(cc(OC)c(OC)c32)CCN1C. The molecule has 1 heterocycles. The van der Waals surface area contributed by atoms with Gasteiger partial charge in [0.2, 0.25) is 5.78 Å². The largest absolute Gasteiger partial charge is 0.493 e. The van der Waals surface area contributed by atoms with Crippen molar-refractivity contribution >= 4 is 5.78 Å². The monoisotopic (exact) mass is 341 g/mol. The van der Waals surface area contributed by atoms with E-state index in [4.69, 9.17) is 14.2 Å². The van der Waals surface area contributed by atoms with Crippen molar-refractivity contribution in [2.45, 2.75) is 24.3 Å². The number of ketones is 1. The number of nitrogens with zero attached hydrogens (tertiary/aromatic N) is 1. The number of benzene rings is 1. The zero-order valence-electron chi connectivity index (χ0n) is 15.1. The molecule has 0 saturated heterocycles. The molecule has 2 unspecified atom stereocenters. The molecule has 132 valence electrons. The second-order valence-electron chi connectivity index (χ2n) is 6.96. The second-order valence-corrected chi connectivity index (χ2v) is 6.96. The van der Waals surface area contributed by atoms with E-state index in [9.17, 15) is 4.79 Å². The summed E-state index contributed by atoms with van der Waals surface area (Å²) in [6.45, 7) is 1.01. The third kappa shape index (κ3) is 2.15. The lowest BCUT2D eigenvalue weighted by Crippen LogP contribution is -2.31. The Morgan fingerprint density at radius 1 is 1.20 bits per heavy atom. The molecule has 1 aromatic rings. The maximum absolute atomic E-state index is 12.1. The molecule has 1 aromatic carbocycles. The van der Waals surface area contributed by atoms with Gasteiger partial charge >= 0.3 is 0 Å². The van der Waals surface area contributed by atoms with Crippen LogP contribution in [0.4, 0.5) is 0 Å². The Kier molecular flexibility index (Phi) is 3.65. The van der Waals surface area contributed by atoms with Crippen molar-refractivity contribution in [1.29, 1.82) is 0 Å². The smallest absolute Gasteiger partial charge is 0.219 e. The minimum Gasteiger partial charge on any atom is -0.493 e.